The molecule has 0 saturated carbocycles. The second kappa shape index (κ2) is 8.04. The Balaban J connectivity index is 1.51. The molecule has 25 heavy (non-hydrogen) atoms. The van der Waals surface area contributed by atoms with Crippen molar-refractivity contribution >= 4 is 17.2 Å². The molecule has 0 fully saturated rings. The van der Waals surface area contributed by atoms with Gasteiger partial charge in [-0.15, -0.1) is 11.3 Å². The van der Waals surface area contributed by atoms with Crippen molar-refractivity contribution in [1.29, 1.82) is 0 Å². The fraction of sp³-hybridized carbons (Fsp3) is 0.278. The number of thiazole rings is 1. The van der Waals surface area contributed by atoms with Crippen LogP contribution >= 0.6 is 11.3 Å². The van der Waals surface area contributed by atoms with Gasteiger partial charge < -0.3 is 15.2 Å². The van der Waals surface area contributed by atoms with E-state index in [0.717, 1.165) is 34.9 Å². The number of nitrogens with zero attached hydrogens (tertiary/aromatic N) is 3. The third-order valence-electron chi connectivity index (χ3n) is 3.84. The Kier molecular flexibility index (Phi) is 5.57. The number of carbonyl (C=O) groups excluding carboxylic acids is 1. The van der Waals surface area contributed by atoms with Crippen LogP contribution in [0.5, 0.6) is 0 Å². The molecule has 0 aliphatic rings. The summed E-state index contributed by atoms with van der Waals surface area (Å²) in [6.07, 6.45) is 1.52. The highest BCUT2D eigenvalue weighted by Gasteiger charge is 2.15. The molecule has 3 aromatic rings. The van der Waals surface area contributed by atoms with Gasteiger partial charge in [-0.25, -0.2) is 4.98 Å². The zero-order valence-corrected chi connectivity index (χ0v) is 14.8. The van der Waals surface area contributed by atoms with Crippen molar-refractivity contribution in [3.05, 3.63) is 58.2 Å². The first kappa shape index (κ1) is 17.3. The first-order chi connectivity index (χ1) is 12.2. The molecule has 130 valence electrons. The number of hydrogen-bond donors (Lipinski definition) is 1. The number of nitrogens with two attached hydrogens (primary N) is 1. The van der Waals surface area contributed by atoms with Gasteiger partial charge in [0.05, 0.1) is 0 Å². The van der Waals surface area contributed by atoms with Crippen LogP contribution in [0.15, 0.2) is 46.3 Å². The number of aryl methyl sites for hydroxylation is 1. The SMILES string of the molecule is CN(CCCc1cc(-c2ccccc2)no1)C(=O)c1csc(CN)n1. The standard InChI is InChI=1S/C18H20N4O2S/c1-22(18(23)16-12-25-17(11-19)20-16)9-5-8-14-10-15(21-24-14)13-6-3-2-4-7-13/h2-4,6-7,10,12H,5,8-9,11,19H2,1H3. The molecular formula is C18H20N4O2S. The minimum atomic E-state index is -0.0847. The van der Waals surface area contributed by atoms with E-state index in [1.807, 2.05) is 36.4 Å². The van der Waals surface area contributed by atoms with Gasteiger partial charge in [-0.1, -0.05) is 35.5 Å². The predicted molar refractivity (Wildman–Crippen MR) is 97.2 cm³/mol. The highest BCUT2D eigenvalue weighted by molar-refractivity contribution is 7.09. The molecule has 2 N–H and O–H groups in total. The Morgan fingerprint density at radius 2 is 2.12 bits per heavy atom. The largest absolute Gasteiger partial charge is 0.361 e. The molecule has 6 nitrogen and oxygen atoms in total. The minimum absolute atomic E-state index is 0.0847. The molecule has 0 unspecified atom stereocenters. The zero-order valence-electron chi connectivity index (χ0n) is 14.0. The lowest BCUT2D eigenvalue weighted by Crippen LogP contribution is -2.28. The van der Waals surface area contributed by atoms with E-state index in [1.54, 1.807) is 17.3 Å². The van der Waals surface area contributed by atoms with Crippen molar-refractivity contribution in [3.8, 4) is 11.3 Å². The number of carbonyl (C=O) groups is 1. The van der Waals surface area contributed by atoms with Crippen LogP contribution in [-0.2, 0) is 13.0 Å². The molecule has 0 saturated heterocycles. The fourth-order valence-corrected chi connectivity index (χ4v) is 3.11. The summed E-state index contributed by atoms with van der Waals surface area (Å²) in [6.45, 7) is 0.979. The Morgan fingerprint density at radius 3 is 2.84 bits per heavy atom. The number of benzene rings is 1. The minimum Gasteiger partial charge on any atom is -0.361 e. The highest BCUT2D eigenvalue weighted by Crippen LogP contribution is 2.19. The summed E-state index contributed by atoms with van der Waals surface area (Å²) < 4.78 is 5.39. The van der Waals surface area contributed by atoms with Crippen LogP contribution < -0.4 is 5.73 Å². The first-order valence-corrected chi connectivity index (χ1v) is 8.96. The van der Waals surface area contributed by atoms with Gasteiger partial charge in [0.2, 0.25) is 0 Å². The van der Waals surface area contributed by atoms with E-state index in [0.29, 0.717) is 18.8 Å². The highest BCUT2D eigenvalue weighted by atomic mass is 32.1. The molecule has 3 rings (SSSR count). The summed E-state index contributed by atoms with van der Waals surface area (Å²) in [6, 6.07) is 11.9. The van der Waals surface area contributed by atoms with Gasteiger partial charge in [-0.05, 0) is 6.42 Å². The first-order valence-electron chi connectivity index (χ1n) is 8.08. The maximum absolute atomic E-state index is 12.3. The van der Waals surface area contributed by atoms with Crippen LogP contribution in [-0.4, -0.2) is 34.5 Å². The lowest BCUT2D eigenvalue weighted by molar-refractivity contribution is 0.0787. The predicted octanol–water partition coefficient (Wildman–Crippen LogP) is 2.96. The van der Waals surface area contributed by atoms with Crippen molar-refractivity contribution in [2.24, 2.45) is 5.73 Å². The number of hydrogen-bond acceptors (Lipinski definition) is 6. The Hall–Kier alpha value is -2.51. The molecular weight excluding hydrogens is 336 g/mol. The maximum atomic E-state index is 12.3. The van der Waals surface area contributed by atoms with Crippen LogP contribution in [0.25, 0.3) is 11.3 Å². The van der Waals surface area contributed by atoms with Crippen LogP contribution in [0, 0.1) is 0 Å². The van der Waals surface area contributed by atoms with Gasteiger partial charge in [0.25, 0.3) is 5.91 Å². The third-order valence-corrected chi connectivity index (χ3v) is 4.71. The van der Waals surface area contributed by atoms with E-state index in [2.05, 4.69) is 10.1 Å². The van der Waals surface area contributed by atoms with Crippen molar-refractivity contribution in [2.75, 3.05) is 13.6 Å². The molecule has 2 heterocycles. The summed E-state index contributed by atoms with van der Waals surface area (Å²) in [5.41, 5.74) is 7.85. The van der Waals surface area contributed by atoms with Gasteiger partial charge >= 0.3 is 0 Å². The molecule has 7 heteroatoms. The molecule has 2 aromatic heterocycles. The van der Waals surface area contributed by atoms with Crippen molar-refractivity contribution < 1.29 is 9.32 Å². The molecule has 0 bridgehead atoms. The summed E-state index contributed by atoms with van der Waals surface area (Å²) in [7, 11) is 1.78. The molecule has 1 amide bonds. The van der Waals surface area contributed by atoms with Crippen molar-refractivity contribution in [2.45, 2.75) is 19.4 Å². The van der Waals surface area contributed by atoms with E-state index in [-0.39, 0.29) is 5.91 Å². The Bertz CT molecular complexity index is 828. The maximum Gasteiger partial charge on any atom is 0.273 e. The summed E-state index contributed by atoms with van der Waals surface area (Å²) in [5, 5.41) is 6.63. The lowest BCUT2D eigenvalue weighted by Gasteiger charge is -2.15. The van der Waals surface area contributed by atoms with E-state index >= 15 is 0 Å². The van der Waals surface area contributed by atoms with Crippen LogP contribution in [0.2, 0.25) is 0 Å². The normalized spacial score (nSPS) is 10.8. The molecule has 0 radical (unpaired) electrons. The molecule has 0 spiro atoms. The average Bonchev–Trinajstić information content (AvgIpc) is 3.31. The summed E-state index contributed by atoms with van der Waals surface area (Å²) in [5.74, 6) is 0.734. The monoisotopic (exact) mass is 356 g/mol. The zero-order chi connectivity index (χ0) is 17.6. The van der Waals surface area contributed by atoms with Crippen LogP contribution in [0.1, 0.15) is 27.7 Å². The Morgan fingerprint density at radius 1 is 1.32 bits per heavy atom. The number of amides is 1. The van der Waals surface area contributed by atoms with Gasteiger partial charge in [0.1, 0.15) is 22.2 Å². The van der Waals surface area contributed by atoms with Gasteiger partial charge in [-0.2, -0.15) is 0 Å². The van der Waals surface area contributed by atoms with E-state index < -0.39 is 0 Å². The molecule has 1 aromatic carbocycles. The van der Waals surface area contributed by atoms with E-state index in [4.69, 9.17) is 10.3 Å². The molecule has 0 aliphatic heterocycles. The lowest BCUT2D eigenvalue weighted by atomic mass is 10.1. The molecule has 0 atom stereocenters. The van der Waals surface area contributed by atoms with Crippen molar-refractivity contribution in [3.63, 3.8) is 0 Å². The summed E-state index contributed by atoms with van der Waals surface area (Å²) >= 11 is 1.41. The van der Waals surface area contributed by atoms with E-state index in [9.17, 15) is 4.79 Å². The second-order valence-electron chi connectivity index (χ2n) is 5.71. The van der Waals surface area contributed by atoms with Gasteiger partial charge in [0, 0.05) is 43.6 Å². The summed E-state index contributed by atoms with van der Waals surface area (Å²) in [4.78, 5) is 18.2. The quantitative estimate of drug-likeness (QED) is 0.703. The molecule has 0 aliphatic carbocycles. The average molecular weight is 356 g/mol. The van der Waals surface area contributed by atoms with Crippen LogP contribution in [0.3, 0.4) is 0 Å². The second-order valence-corrected chi connectivity index (χ2v) is 6.65. The van der Waals surface area contributed by atoms with E-state index in [1.165, 1.54) is 11.3 Å². The van der Waals surface area contributed by atoms with Crippen LogP contribution in [0.4, 0.5) is 0 Å². The number of aromatic nitrogens is 2. The van der Waals surface area contributed by atoms with Crippen molar-refractivity contribution in [1.82, 2.24) is 15.0 Å². The fourth-order valence-electron chi connectivity index (χ4n) is 2.47. The Labute approximate surface area is 150 Å². The third kappa shape index (κ3) is 4.32. The topological polar surface area (TPSA) is 85.2 Å². The van der Waals surface area contributed by atoms with Gasteiger partial charge in [0.15, 0.2) is 0 Å². The van der Waals surface area contributed by atoms with Gasteiger partial charge in [-0.3, -0.25) is 4.79 Å². The number of rotatable bonds is 7. The smallest absolute Gasteiger partial charge is 0.273 e.